The van der Waals surface area contributed by atoms with Gasteiger partial charge in [0.15, 0.2) is 0 Å². The van der Waals surface area contributed by atoms with Gasteiger partial charge in [-0.3, -0.25) is 0 Å². The van der Waals surface area contributed by atoms with Crippen LogP contribution < -0.4 is 4.72 Å². The third-order valence-corrected chi connectivity index (χ3v) is 4.72. The highest BCUT2D eigenvalue weighted by molar-refractivity contribution is 7.89. The molecule has 2 rings (SSSR count). The van der Waals surface area contributed by atoms with Gasteiger partial charge < -0.3 is 0 Å². The van der Waals surface area contributed by atoms with Gasteiger partial charge in [0, 0.05) is 11.1 Å². The molecule has 0 saturated heterocycles. The minimum atomic E-state index is -3.62. The molecule has 0 aliphatic rings. The van der Waals surface area contributed by atoms with E-state index in [-0.39, 0.29) is 11.4 Å². The Labute approximate surface area is 115 Å². The molecule has 0 spiro atoms. The predicted octanol–water partition coefficient (Wildman–Crippen LogP) is 1.80. The maximum absolute atomic E-state index is 12.0. The van der Waals surface area contributed by atoms with Crippen molar-refractivity contribution in [2.24, 2.45) is 0 Å². The highest BCUT2D eigenvalue weighted by atomic mass is 32.2. The monoisotopic (exact) mass is 293 g/mol. The Morgan fingerprint density at radius 2 is 2.26 bits per heavy atom. The molecule has 0 unspecified atom stereocenters. The van der Waals surface area contributed by atoms with Crippen LogP contribution in [0.5, 0.6) is 0 Å². The molecule has 7 heteroatoms. The molecule has 98 valence electrons. The number of nitrogens with one attached hydrogen (secondary N) is 1. The molecule has 0 aliphatic heterocycles. The summed E-state index contributed by atoms with van der Waals surface area (Å²) in [5, 5.41) is 11.3. The Morgan fingerprint density at radius 1 is 1.47 bits per heavy atom. The third kappa shape index (κ3) is 3.38. The third-order valence-electron chi connectivity index (χ3n) is 2.35. The maximum atomic E-state index is 12.0. The lowest BCUT2D eigenvalue weighted by Gasteiger charge is -2.05. The van der Waals surface area contributed by atoms with E-state index in [0.717, 1.165) is 5.69 Å². The van der Waals surface area contributed by atoms with Crippen LogP contribution in [-0.2, 0) is 16.6 Å². The molecule has 0 bridgehead atoms. The lowest BCUT2D eigenvalue weighted by molar-refractivity contribution is 0.581. The molecule has 19 heavy (non-hydrogen) atoms. The van der Waals surface area contributed by atoms with Crippen LogP contribution >= 0.6 is 11.3 Å². The van der Waals surface area contributed by atoms with Crippen LogP contribution in [0.3, 0.4) is 0 Å². The Kier molecular flexibility index (Phi) is 3.95. The first-order valence-corrected chi connectivity index (χ1v) is 7.78. The average molecular weight is 293 g/mol. The molecular formula is C12H11N3O2S2. The van der Waals surface area contributed by atoms with E-state index in [0.29, 0.717) is 10.6 Å². The molecule has 0 aliphatic carbocycles. The Morgan fingerprint density at radius 3 is 2.89 bits per heavy atom. The summed E-state index contributed by atoms with van der Waals surface area (Å²) in [6.07, 6.45) is 0. The Balaban J connectivity index is 2.16. The molecule has 2 aromatic rings. The Bertz CT molecular complexity index is 729. The molecule has 0 saturated carbocycles. The lowest BCUT2D eigenvalue weighted by Crippen LogP contribution is -2.23. The molecule has 1 aromatic carbocycles. The van der Waals surface area contributed by atoms with Gasteiger partial charge in [-0.15, -0.1) is 11.3 Å². The topological polar surface area (TPSA) is 82.9 Å². The van der Waals surface area contributed by atoms with Crippen LogP contribution in [0.2, 0.25) is 0 Å². The molecule has 0 fully saturated rings. The molecule has 1 aromatic heterocycles. The molecular weight excluding hydrogens is 282 g/mol. The van der Waals surface area contributed by atoms with Crippen molar-refractivity contribution in [3.05, 3.63) is 45.9 Å². The first-order valence-electron chi connectivity index (χ1n) is 5.42. The molecule has 0 atom stereocenters. The van der Waals surface area contributed by atoms with E-state index in [1.165, 1.54) is 23.5 Å². The SMILES string of the molecule is Cc1csc(CNS(=O)(=O)c2cccc(C#N)c2)n1. The highest BCUT2D eigenvalue weighted by Crippen LogP contribution is 2.13. The fraction of sp³-hybridized carbons (Fsp3) is 0.167. The minimum absolute atomic E-state index is 0.0832. The second-order valence-corrected chi connectivity index (χ2v) is 6.56. The van der Waals surface area contributed by atoms with Crippen molar-refractivity contribution in [2.45, 2.75) is 18.4 Å². The summed E-state index contributed by atoms with van der Waals surface area (Å²) in [4.78, 5) is 4.26. The first kappa shape index (κ1) is 13.7. The minimum Gasteiger partial charge on any atom is -0.245 e. The predicted molar refractivity (Wildman–Crippen MR) is 72.0 cm³/mol. The zero-order valence-electron chi connectivity index (χ0n) is 10.1. The van der Waals surface area contributed by atoms with Crippen LogP contribution in [0.15, 0.2) is 34.5 Å². The van der Waals surface area contributed by atoms with Crippen LogP contribution in [0.1, 0.15) is 16.3 Å². The summed E-state index contributed by atoms with van der Waals surface area (Å²) in [6, 6.07) is 7.81. The number of thiazole rings is 1. The van der Waals surface area contributed by atoms with Gasteiger partial charge in [0.1, 0.15) is 5.01 Å². The Hall–Kier alpha value is -1.75. The van der Waals surface area contributed by atoms with E-state index in [1.54, 1.807) is 12.1 Å². The summed E-state index contributed by atoms with van der Waals surface area (Å²) >= 11 is 1.40. The second-order valence-electron chi connectivity index (χ2n) is 3.85. The van der Waals surface area contributed by atoms with Crippen molar-refractivity contribution < 1.29 is 8.42 Å². The lowest BCUT2D eigenvalue weighted by atomic mass is 10.2. The van der Waals surface area contributed by atoms with Crippen LogP contribution in [-0.4, -0.2) is 13.4 Å². The highest BCUT2D eigenvalue weighted by Gasteiger charge is 2.14. The summed E-state index contributed by atoms with van der Waals surface area (Å²) in [5.74, 6) is 0. The van der Waals surface area contributed by atoms with E-state index >= 15 is 0 Å². The van der Waals surface area contributed by atoms with Crippen molar-refractivity contribution in [3.63, 3.8) is 0 Å². The summed E-state index contributed by atoms with van der Waals surface area (Å²) in [5.41, 5.74) is 1.18. The molecule has 0 amide bonds. The van der Waals surface area contributed by atoms with Gasteiger partial charge in [-0.25, -0.2) is 18.1 Å². The summed E-state index contributed by atoms with van der Waals surface area (Å²) in [7, 11) is -3.62. The standard InChI is InChI=1S/C12H11N3O2S2/c1-9-8-18-12(15-9)7-14-19(16,17)11-4-2-3-10(5-11)6-13/h2-5,8,14H,7H2,1H3. The van der Waals surface area contributed by atoms with Gasteiger partial charge in [-0.1, -0.05) is 6.07 Å². The zero-order chi connectivity index (χ0) is 13.9. The largest absolute Gasteiger partial charge is 0.245 e. The van der Waals surface area contributed by atoms with Crippen molar-refractivity contribution in [1.82, 2.24) is 9.71 Å². The van der Waals surface area contributed by atoms with Crippen molar-refractivity contribution in [2.75, 3.05) is 0 Å². The summed E-state index contributed by atoms with van der Waals surface area (Å²) in [6.45, 7) is 2.00. The first-order chi connectivity index (χ1) is 9.01. The number of sulfonamides is 1. The van der Waals surface area contributed by atoms with Gasteiger partial charge in [0.05, 0.1) is 23.1 Å². The van der Waals surface area contributed by atoms with Crippen LogP contribution in [0.4, 0.5) is 0 Å². The van der Waals surface area contributed by atoms with Gasteiger partial charge >= 0.3 is 0 Å². The fourth-order valence-electron chi connectivity index (χ4n) is 1.46. The van der Waals surface area contributed by atoms with Crippen LogP contribution in [0, 0.1) is 18.3 Å². The number of aryl methyl sites for hydroxylation is 1. The van der Waals surface area contributed by atoms with Gasteiger partial charge in [-0.05, 0) is 25.1 Å². The van der Waals surface area contributed by atoms with Gasteiger partial charge in [-0.2, -0.15) is 5.26 Å². The van der Waals surface area contributed by atoms with E-state index in [2.05, 4.69) is 9.71 Å². The fourth-order valence-corrected chi connectivity index (χ4v) is 3.29. The molecule has 1 N–H and O–H groups in total. The van der Waals surface area contributed by atoms with Crippen molar-refractivity contribution in [1.29, 1.82) is 5.26 Å². The number of hydrogen-bond acceptors (Lipinski definition) is 5. The smallest absolute Gasteiger partial charge is 0.240 e. The second kappa shape index (κ2) is 5.48. The summed E-state index contributed by atoms with van der Waals surface area (Å²) < 4.78 is 26.5. The zero-order valence-corrected chi connectivity index (χ0v) is 11.8. The molecule has 5 nitrogen and oxygen atoms in total. The van der Waals surface area contributed by atoms with E-state index < -0.39 is 10.0 Å². The number of nitrogens with zero attached hydrogens (tertiary/aromatic N) is 2. The van der Waals surface area contributed by atoms with Gasteiger partial charge in [0.25, 0.3) is 0 Å². The van der Waals surface area contributed by atoms with Gasteiger partial charge in [0.2, 0.25) is 10.0 Å². The maximum Gasteiger partial charge on any atom is 0.240 e. The molecule has 1 heterocycles. The van der Waals surface area contributed by atoms with E-state index in [4.69, 9.17) is 5.26 Å². The normalized spacial score (nSPS) is 11.2. The van der Waals surface area contributed by atoms with Crippen molar-refractivity contribution >= 4 is 21.4 Å². The average Bonchev–Trinajstić information content (AvgIpc) is 2.82. The number of nitriles is 1. The van der Waals surface area contributed by atoms with Crippen molar-refractivity contribution in [3.8, 4) is 6.07 Å². The number of hydrogen-bond donors (Lipinski definition) is 1. The number of aromatic nitrogens is 1. The van der Waals surface area contributed by atoms with E-state index in [9.17, 15) is 8.42 Å². The number of benzene rings is 1. The van der Waals surface area contributed by atoms with E-state index in [1.807, 2.05) is 18.4 Å². The van der Waals surface area contributed by atoms with Crippen LogP contribution in [0.25, 0.3) is 0 Å². The molecule has 0 radical (unpaired) electrons. The quantitative estimate of drug-likeness (QED) is 0.931. The number of rotatable bonds is 4.